The zero-order chi connectivity index (χ0) is 8.15. The fraction of sp³-hybridized carbons (Fsp3) is 0.250. The Bertz CT molecular complexity index is 185. The van der Waals surface area contributed by atoms with E-state index in [2.05, 4.69) is 19.2 Å². The van der Waals surface area contributed by atoms with E-state index in [1.54, 1.807) is 6.08 Å². The van der Waals surface area contributed by atoms with Gasteiger partial charge in [0.1, 0.15) is 0 Å². The first-order valence-electron chi connectivity index (χ1n) is 3.04. The lowest BCUT2D eigenvalue weighted by atomic mass is 10.2. The Morgan fingerprint density at radius 1 is 1.50 bits per heavy atom. The molecule has 0 aliphatic rings. The molecule has 0 fully saturated rings. The number of hydrogen-bond acceptors (Lipinski definition) is 2. The zero-order valence-electron chi connectivity index (χ0n) is 6.39. The number of thiol groups is 1. The van der Waals surface area contributed by atoms with E-state index in [4.69, 9.17) is 5.73 Å². The van der Waals surface area contributed by atoms with Gasteiger partial charge in [-0.1, -0.05) is 18.2 Å². The fourth-order valence-corrected chi connectivity index (χ4v) is 0.567. The molecule has 2 heteroatoms. The van der Waals surface area contributed by atoms with Crippen molar-refractivity contribution in [1.82, 2.24) is 0 Å². The minimum absolute atomic E-state index is 0.665. The number of nitrogens with two attached hydrogens (primary N) is 1. The van der Waals surface area contributed by atoms with Crippen molar-refractivity contribution in [3.63, 3.8) is 0 Å². The van der Waals surface area contributed by atoms with Crippen LogP contribution >= 0.6 is 12.6 Å². The van der Waals surface area contributed by atoms with Gasteiger partial charge in [0.15, 0.2) is 0 Å². The highest BCUT2D eigenvalue weighted by atomic mass is 32.1. The average molecular weight is 155 g/mol. The highest BCUT2D eigenvalue weighted by Gasteiger charge is 1.88. The summed E-state index contributed by atoms with van der Waals surface area (Å²) in [6, 6.07) is 0. The average Bonchev–Trinajstić information content (AvgIpc) is 1.85. The van der Waals surface area contributed by atoms with Crippen LogP contribution in [-0.2, 0) is 0 Å². The van der Waals surface area contributed by atoms with E-state index < -0.39 is 0 Å². The monoisotopic (exact) mass is 155 g/mol. The van der Waals surface area contributed by atoms with Gasteiger partial charge in [-0.2, -0.15) is 0 Å². The molecule has 0 aromatic carbocycles. The predicted molar refractivity (Wildman–Crippen MR) is 49.8 cm³/mol. The minimum Gasteiger partial charge on any atom is -0.398 e. The number of rotatable bonds is 2. The van der Waals surface area contributed by atoms with Crippen LogP contribution in [0, 0.1) is 0 Å². The Labute approximate surface area is 67.7 Å². The normalized spacial score (nSPS) is 11.9. The molecule has 0 amide bonds. The predicted octanol–water partition coefficient (Wildman–Crippen LogP) is 2.24. The summed E-state index contributed by atoms with van der Waals surface area (Å²) in [5.41, 5.74) is 7.41. The van der Waals surface area contributed by atoms with Crippen LogP contribution in [0.1, 0.15) is 13.8 Å². The highest BCUT2D eigenvalue weighted by Crippen LogP contribution is 2.07. The van der Waals surface area contributed by atoms with E-state index >= 15 is 0 Å². The lowest BCUT2D eigenvalue weighted by Crippen LogP contribution is -1.95. The summed E-state index contributed by atoms with van der Waals surface area (Å²) in [5, 5.41) is 0. The van der Waals surface area contributed by atoms with Crippen LogP contribution < -0.4 is 5.73 Å². The van der Waals surface area contributed by atoms with Gasteiger partial charge in [0.05, 0.1) is 0 Å². The van der Waals surface area contributed by atoms with E-state index in [1.807, 2.05) is 19.9 Å². The van der Waals surface area contributed by atoms with Crippen LogP contribution in [0.3, 0.4) is 0 Å². The molecule has 2 N–H and O–H groups in total. The topological polar surface area (TPSA) is 26.0 Å². The lowest BCUT2D eigenvalue weighted by Gasteiger charge is -1.96. The van der Waals surface area contributed by atoms with Crippen molar-refractivity contribution in [2.45, 2.75) is 13.8 Å². The second-order valence-corrected chi connectivity index (χ2v) is 2.75. The largest absolute Gasteiger partial charge is 0.398 e. The van der Waals surface area contributed by atoms with Crippen LogP contribution in [-0.4, -0.2) is 0 Å². The van der Waals surface area contributed by atoms with Crippen molar-refractivity contribution in [1.29, 1.82) is 0 Å². The van der Waals surface area contributed by atoms with Gasteiger partial charge in [-0.3, -0.25) is 0 Å². The van der Waals surface area contributed by atoms with Crippen molar-refractivity contribution < 1.29 is 0 Å². The molecule has 0 rings (SSSR count). The second-order valence-electron chi connectivity index (χ2n) is 2.27. The van der Waals surface area contributed by atoms with Gasteiger partial charge in [0, 0.05) is 10.6 Å². The van der Waals surface area contributed by atoms with E-state index in [0.717, 1.165) is 10.5 Å². The Morgan fingerprint density at radius 3 is 2.30 bits per heavy atom. The van der Waals surface area contributed by atoms with Crippen LogP contribution in [0.15, 0.2) is 34.9 Å². The molecule has 0 aliphatic carbocycles. The first-order valence-corrected chi connectivity index (χ1v) is 3.48. The molecule has 0 spiro atoms. The molecule has 10 heavy (non-hydrogen) atoms. The third-order valence-corrected chi connectivity index (χ3v) is 1.37. The number of hydrogen-bond donors (Lipinski definition) is 2. The molecule has 56 valence electrons. The first kappa shape index (κ1) is 9.37. The van der Waals surface area contributed by atoms with Gasteiger partial charge < -0.3 is 5.73 Å². The van der Waals surface area contributed by atoms with Crippen molar-refractivity contribution in [3.8, 4) is 0 Å². The van der Waals surface area contributed by atoms with Crippen LogP contribution in [0.25, 0.3) is 0 Å². The summed E-state index contributed by atoms with van der Waals surface area (Å²) in [6.07, 6.45) is 3.49. The minimum atomic E-state index is 0.665. The second kappa shape index (κ2) is 4.23. The molecule has 0 atom stereocenters. The molecule has 0 aromatic heterocycles. The summed E-state index contributed by atoms with van der Waals surface area (Å²) in [4.78, 5) is 0.723. The molecule has 0 aliphatic heterocycles. The molecule has 0 saturated carbocycles. The standard InChI is InChI=1S/C8H13NS/c1-4-8(10)7(9)5-6(2)3/h4-5,10H,1,9H2,2-3H3/b8-7-. The van der Waals surface area contributed by atoms with Crippen LogP contribution in [0.4, 0.5) is 0 Å². The lowest BCUT2D eigenvalue weighted by molar-refractivity contribution is 1.32. The van der Waals surface area contributed by atoms with E-state index in [1.165, 1.54) is 0 Å². The quantitative estimate of drug-likeness (QED) is 0.464. The Hall–Kier alpha value is -0.630. The maximum Gasteiger partial charge on any atom is 0.0448 e. The van der Waals surface area contributed by atoms with Gasteiger partial charge in [-0.25, -0.2) is 0 Å². The third-order valence-electron chi connectivity index (χ3n) is 0.933. The van der Waals surface area contributed by atoms with Gasteiger partial charge in [0.25, 0.3) is 0 Å². The molecule has 0 radical (unpaired) electrons. The van der Waals surface area contributed by atoms with Gasteiger partial charge in [-0.15, -0.1) is 12.6 Å². The van der Waals surface area contributed by atoms with Crippen LogP contribution in [0.2, 0.25) is 0 Å². The van der Waals surface area contributed by atoms with Crippen molar-refractivity contribution in [3.05, 3.63) is 34.9 Å². The number of allylic oxidation sites excluding steroid dienone is 3. The summed E-state index contributed by atoms with van der Waals surface area (Å²) in [5.74, 6) is 0. The summed E-state index contributed by atoms with van der Waals surface area (Å²) in [6.45, 7) is 7.51. The van der Waals surface area contributed by atoms with E-state index in [-0.39, 0.29) is 0 Å². The molecule has 1 nitrogen and oxygen atoms in total. The highest BCUT2D eigenvalue weighted by molar-refractivity contribution is 7.84. The first-order chi connectivity index (χ1) is 4.57. The molecule has 0 aromatic rings. The van der Waals surface area contributed by atoms with Crippen LogP contribution in [0.5, 0.6) is 0 Å². The maximum atomic E-state index is 5.58. The summed E-state index contributed by atoms with van der Waals surface area (Å²) in [7, 11) is 0. The molecule has 0 saturated heterocycles. The molecule has 0 bridgehead atoms. The molecular formula is C8H13NS. The van der Waals surface area contributed by atoms with Gasteiger partial charge >= 0.3 is 0 Å². The molecular weight excluding hydrogens is 142 g/mol. The van der Waals surface area contributed by atoms with Gasteiger partial charge in [0.2, 0.25) is 0 Å². The fourth-order valence-electron chi connectivity index (χ4n) is 0.503. The summed E-state index contributed by atoms with van der Waals surface area (Å²) >= 11 is 4.09. The smallest absolute Gasteiger partial charge is 0.0448 e. The third kappa shape index (κ3) is 3.41. The Morgan fingerprint density at radius 2 is 2.00 bits per heavy atom. The van der Waals surface area contributed by atoms with E-state index in [9.17, 15) is 0 Å². The van der Waals surface area contributed by atoms with Gasteiger partial charge in [-0.05, 0) is 19.9 Å². The van der Waals surface area contributed by atoms with E-state index in [0.29, 0.717) is 5.70 Å². The van der Waals surface area contributed by atoms with Crippen molar-refractivity contribution in [2.24, 2.45) is 5.73 Å². The maximum absolute atomic E-state index is 5.58. The Kier molecular flexibility index (Phi) is 3.96. The van der Waals surface area contributed by atoms with Crippen molar-refractivity contribution in [2.75, 3.05) is 0 Å². The zero-order valence-corrected chi connectivity index (χ0v) is 7.28. The Balaban J connectivity index is 4.48. The molecule has 0 unspecified atom stereocenters. The summed E-state index contributed by atoms with van der Waals surface area (Å²) < 4.78 is 0. The SMILES string of the molecule is C=C/C(S)=C(/N)C=C(C)C. The van der Waals surface area contributed by atoms with Crippen molar-refractivity contribution >= 4 is 12.6 Å². The molecule has 0 heterocycles.